The van der Waals surface area contributed by atoms with E-state index < -0.39 is 10.0 Å². The molecule has 0 spiro atoms. The molecule has 0 amide bonds. The first-order valence-corrected chi connectivity index (χ1v) is 6.66. The maximum absolute atomic E-state index is 11.0. The Balaban J connectivity index is 2.18. The van der Waals surface area contributed by atoms with Gasteiger partial charge in [0.1, 0.15) is 0 Å². The van der Waals surface area contributed by atoms with Crippen LogP contribution in [0.5, 0.6) is 0 Å². The van der Waals surface area contributed by atoms with Gasteiger partial charge in [0.05, 0.1) is 5.25 Å². The normalized spacial score (nSPS) is 26.1. The molecule has 0 unspecified atom stereocenters. The summed E-state index contributed by atoms with van der Waals surface area (Å²) >= 11 is 3.33. The number of benzene rings is 1. The van der Waals surface area contributed by atoms with Crippen LogP contribution in [0.25, 0.3) is 0 Å². The molecule has 5 heteroatoms. The van der Waals surface area contributed by atoms with Gasteiger partial charge in [0.15, 0.2) is 0 Å². The Morgan fingerprint density at radius 3 is 2.29 bits per heavy atom. The molecule has 1 aromatic carbocycles. The average Bonchev–Trinajstić information content (AvgIpc) is 2.83. The Labute approximate surface area is 91.5 Å². The van der Waals surface area contributed by atoms with Crippen molar-refractivity contribution in [2.24, 2.45) is 5.14 Å². The minimum atomic E-state index is -3.35. The SMILES string of the molecule is NS(=O)(=O)[C@@H]1C[C@H]1c1ccc(Br)cc1. The molecule has 1 aliphatic rings. The van der Waals surface area contributed by atoms with E-state index in [-0.39, 0.29) is 11.2 Å². The van der Waals surface area contributed by atoms with Gasteiger partial charge < -0.3 is 0 Å². The van der Waals surface area contributed by atoms with Crippen LogP contribution in [0.15, 0.2) is 28.7 Å². The Kier molecular flexibility index (Phi) is 2.41. The molecule has 1 saturated carbocycles. The second-order valence-corrected chi connectivity index (χ2v) is 6.22. The summed E-state index contributed by atoms with van der Waals surface area (Å²) < 4.78 is 23.0. The zero-order chi connectivity index (χ0) is 10.3. The molecule has 0 heterocycles. The van der Waals surface area contributed by atoms with Crippen molar-refractivity contribution in [2.75, 3.05) is 0 Å². The summed E-state index contributed by atoms with van der Waals surface area (Å²) in [6.45, 7) is 0. The van der Waals surface area contributed by atoms with Gasteiger partial charge in [-0.1, -0.05) is 28.1 Å². The predicted octanol–water partition coefficient (Wildman–Crippen LogP) is 1.59. The quantitative estimate of drug-likeness (QED) is 0.891. The van der Waals surface area contributed by atoms with Crippen molar-refractivity contribution in [3.8, 4) is 0 Å². The van der Waals surface area contributed by atoms with E-state index in [4.69, 9.17) is 5.14 Å². The molecular weight excluding hydrogens is 266 g/mol. The van der Waals surface area contributed by atoms with Crippen molar-refractivity contribution in [3.05, 3.63) is 34.3 Å². The van der Waals surface area contributed by atoms with E-state index >= 15 is 0 Å². The fourth-order valence-electron chi connectivity index (χ4n) is 1.60. The van der Waals surface area contributed by atoms with Crippen molar-refractivity contribution in [1.29, 1.82) is 0 Å². The summed E-state index contributed by atoms with van der Waals surface area (Å²) in [6, 6.07) is 7.68. The number of nitrogens with two attached hydrogens (primary N) is 1. The molecule has 2 rings (SSSR count). The Bertz CT molecular complexity index is 440. The van der Waals surface area contributed by atoms with E-state index in [0.29, 0.717) is 6.42 Å². The number of primary sulfonamides is 1. The van der Waals surface area contributed by atoms with Crippen LogP contribution < -0.4 is 5.14 Å². The lowest BCUT2D eigenvalue weighted by Crippen LogP contribution is -2.18. The van der Waals surface area contributed by atoms with E-state index in [0.717, 1.165) is 10.0 Å². The maximum Gasteiger partial charge on any atom is 0.212 e. The van der Waals surface area contributed by atoms with Crippen LogP contribution in [0.2, 0.25) is 0 Å². The average molecular weight is 276 g/mol. The zero-order valence-electron chi connectivity index (χ0n) is 7.35. The van der Waals surface area contributed by atoms with Gasteiger partial charge in [-0.2, -0.15) is 0 Å². The maximum atomic E-state index is 11.0. The topological polar surface area (TPSA) is 60.2 Å². The summed E-state index contributed by atoms with van der Waals surface area (Å²) in [4.78, 5) is 0. The number of rotatable bonds is 2. The first-order valence-electron chi connectivity index (χ1n) is 4.25. The second-order valence-electron chi connectivity index (χ2n) is 3.52. The second kappa shape index (κ2) is 3.32. The lowest BCUT2D eigenvalue weighted by Gasteiger charge is -1.99. The minimum Gasteiger partial charge on any atom is -0.228 e. The molecule has 0 aliphatic heterocycles. The molecule has 0 bridgehead atoms. The first kappa shape index (κ1) is 10.1. The Hall–Kier alpha value is -0.390. The fraction of sp³-hybridized carbons (Fsp3) is 0.333. The standard InChI is InChI=1S/C9H10BrNO2S/c10-7-3-1-6(2-4-7)8-5-9(8)14(11,12)13/h1-4,8-9H,5H2,(H2,11,12,13)/t8-,9+/m0/s1. The van der Waals surface area contributed by atoms with Gasteiger partial charge in [-0.3, -0.25) is 0 Å². The lowest BCUT2D eigenvalue weighted by atomic mass is 10.1. The molecule has 1 aromatic rings. The lowest BCUT2D eigenvalue weighted by molar-refractivity contribution is 0.595. The highest BCUT2D eigenvalue weighted by atomic mass is 79.9. The van der Waals surface area contributed by atoms with Crippen LogP contribution in [0.4, 0.5) is 0 Å². The third-order valence-corrected chi connectivity index (χ3v) is 4.35. The van der Waals surface area contributed by atoms with Crippen molar-refractivity contribution < 1.29 is 8.42 Å². The Morgan fingerprint density at radius 1 is 1.29 bits per heavy atom. The monoisotopic (exact) mass is 275 g/mol. The summed E-state index contributed by atoms with van der Waals surface area (Å²) in [7, 11) is -3.35. The third-order valence-electron chi connectivity index (χ3n) is 2.45. The fourth-order valence-corrected chi connectivity index (χ4v) is 2.95. The van der Waals surface area contributed by atoms with Crippen molar-refractivity contribution in [1.82, 2.24) is 0 Å². The molecule has 0 aromatic heterocycles. The number of halogens is 1. The van der Waals surface area contributed by atoms with E-state index in [1.807, 2.05) is 24.3 Å². The van der Waals surface area contributed by atoms with E-state index in [1.165, 1.54) is 0 Å². The minimum absolute atomic E-state index is 0.0955. The summed E-state index contributed by atoms with van der Waals surface area (Å²) in [6.07, 6.45) is 0.653. The summed E-state index contributed by atoms with van der Waals surface area (Å²) in [5, 5.41) is 4.69. The molecule has 2 N–H and O–H groups in total. The first-order chi connectivity index (χ1) is 6.48. The van der Waals surface area contributed by atoms with Gasteiger partial charge in [0.2, 0.25) is 10.0 Å². The van der Waals surface area contributed by atoms with Gasteiger partial charge in [0, 0.05) is 10.4 Å². The largest absolute Gasteiger partial charge is 0.228 e. The number of hydrogen-bond donors (Lipinski definition) is 1. The molecule has 0 saturated heterocycles. The highest BCUT2D eigenvalue weighted by Gasteiger charge is 2.46. The highest BCUT2D eigenvalue weighted by Crippen LogP contribution is 2.44. The number of sulfonamides is 1. The van der Waals surface area contributed by atoms with Gasteiger partial charge in [0.25, 0.3) is 0 Å². The highest BCUT2D eigenvalue weighted by molar-refractivity contribution is 9.10. The van der Waals surface area contributed by atoms with Crippen LogP contribution in [0.3, 0.4) is 0 Å². The van der Waals surface area contributed by atoms with E-state index in [9.17, 15) is 8.42 Å². The molecular formula is C9H10BrNO2S. The molecule has 3 nitrogen and oxygen atoms in total. The molecule has 14 heavy (non-hydrogen) atoms. The van der Waals surface area contributed by atoms with Crippen LogP contribution in [0.1, 0.15) is 17.9 Å². The predicted molar refractivity (Wildman–Crippen MR) is 58.4 cm³/mol. The Morgan fingerprint density at radius 2 is 1.86 bits per heavy atom. The van der Waals surface area contributed by atoms with Crippen molar-refractivity contribution in [2.45, 2.75) is 17.6 Å². The molecule has 1 aliphatic carbocycles. The van der Waals surface area contributed by atoms with Gasteiger partial charge in [-0.05, 0) is 24.1 Å². The van der Waals surface area contributed by atoms with Crippen LogP contribution in [0, 0.1) is 0 Å². The van der Waals surface area contributed by atoms with Gasteiger partial charge in [-0.15, -0.1) is 0 Å². The zero-order valence-corrected chi connectivity index (χ0v) is 9.75. The summed E-state index contributed by atoms with van der Waals surface area (Å²) in [5.41, 5.74) is 1.05. The van der Waals surface area contributed by atoms with Crippen molar-refractivity contribution >= 4 is 26.0 Å². The van der Waals surface area contributed by atoms with Gasteiger partial charge >= 0.3 is 0 Å². The van der Waals surface area contributed by atoms with E-state index in [1.54, 1.807) is 0 Å². The van der Waals surface area contributed by atoms with Gasteiger partial charge in [-0.25, -0.2) is 13.6 Å². The molecule has 0 radical (unpaired) electrons. The van der Waals surface area contributed by atoms with E-state index in [2.05, 4.69) is 15.9 Å². The smallest absolute Gasteiger partial charge is 0.212 e. The molecule has 2 atom stereocenters. The number of hydrogen-bond acceptors (Lipinski definition) is 2. The third kappa shape index (κ3) is 1.99. The summed E-state index contributed by atoms with van der Waals surface area (Å²) in [5.74, 6) is 0.0955. The van der Waals surface area contributed by atoms with Crippen molar-refractivity contribution in [3.63, 3.8) is 0 Å². The molecule has 76 valence electrons. The van der Waals surface area contributed by atoms with Crippen LogP contribution >= 0.6 is 15.9 Å². The van der Waals surface area contributed by atoms with Crippen LogP contribution in [-0.4, -0.2) is 13.7 Å². The molecule has 1 fully saturated rings. The van der Waals surface area contributed by atoms with Crippen LogP contribution in [-0.2, 0) is 10.0 Å².